The molecule has 0 heterocycles. The summed E-state index contributed by atoms with van der Waals surface area (Å²) in [4.78, 5) is 12.6. The van der Waals surface area contributed by atoms with Gasteiger partial charge < -0.3 is 19.7 Å². The molecule has 0 amide bonds. The van der Waals surface area contributed by atoms with Gasteiger partial charge in [0.2, 0.25) is 0 Å². The maximum Gasteiger partial charge on any atom is 0.314 e. The molecule has 0 aliphatic heterocycles. The van der Waals surface area contributed by atoms with E-state index in [1.54, 1.807) is 45.9 Å². The van der Waals surface area contributed by atoms with E-state index in [0.29, 0.717) is 40.0 Å². The normalized spacial score (nSPS) is 13.4. The van der Waals surface area contributed by atoms with Crippen molar-refractivity contribution in [2.45, 2.75) is 119 Å². The molecule has 2 aromatic rings. The molecule has 0 aliphatic rings. The van der Waals surface area contributed by atoms with Crippen molar-refractivity contribution in [2.75, 3.05) is 6.61 Å². The molecule has 2 aromatic carbocycles. The number of benzene rings is 2. The van der Waals surface area contributed by atoms with Crippen LogP contribution in [0.3, 0.4) is 0 Å². The topological polar surface area (TPSA) is 76.0 Å². The first-order chi connectivity index (χ1) is 20.3. The summed E-state index contributed by atoms with van der Waals surface area (Å²) in [6, 6.07) is 13.2. The van der Waals surface area contributed by atoms with Gasteiger partial charge >= 0.3 is 5.97 Å². The predicted molar refractivity (Wildman–Crippen MR) is 184 cm³/mol. The van der Waals surface area contributed by atoms with E-state index in [1.807, 2.05) is 25.1 Å². The van der Waals surface area contributed by atoms with Crippen LogP contribution in [0.5, 0.6) is 11.5 Å². The van der Waals surface area contributed by atoms with Crippen molar-refractivity contribution >= 4 is 5.97 Å². The number of allylic oxidation sites excluding steroid dienone is 4. The van der Waals surface area contributed by atoms with Gasteiger partial charge in [0, 0.05) is 11.1 Å². The highest BCUT2D eigenvalue weighted by molar-refractivity contribution is 5.74. The number of para-hydroxylation sites is 1. The maximum absolute atomic E-state index is 12.6. The molecule has 0 aromatic heterocycles. The van der Waals surface area contributed by atoms with E-state index in [2.05, 4.69) is 78.8 Å². The second-order valence-corrected chi connectivity index (χ2v) is 14.6. The van der Waals surface area contributed by atoms with Gasteiger partial charge in [-0.3, -0.25) is 4.79 Å². The highest BCUT2D eigenvalue weighted by Gasteiger charge is 2.30. The molecule has 0 saturated carbocycles. The number of ether oxygens (including phenoxy) is 2. The second-order valence-electron chi connectivity index (χ2n) is 14.6. The minimum Gasteiger partial charge on any atom is -0.493 e. The maximum atomic E-state index is 12.6. The molecule has 44 heavy (non-hydrogen) atoms. The predicted octanol–water partition coefficient (Wildman–Crippen LogP) is 9.86. The summed E-state index contributed by atoms with van der Waals surface area (Å²) in [7, 11) is 0. The van der Waals surface area contributed by atoms with Crippen LogP contribution >= 0.6 is 0 Å². The number of hydrogen-bond acceptors (Lipinski definition) is 5. The van der Waals surface area contributed by atoms with Gasteiger partial charge in [-0.1, -0.05) is 103 Å². The quantitative estimate of drug-likeness (QED) is 0.134. The van der Waals surface area contributed by atoms with E-state index < -0.39 is 17.2 Å². The molecule has 5 heteroatoms. The van der Waals surface area contributed by atoms with Gasteiger partial charge in [-0.2, -0.15) is 0 Å². The lowest BCUT2D eigenvalue weighted by atomic mass is 9.82. The van der Waals surface area contributed by atoms with E-state index >= 15 is 0 Å². The van der Waals surface area contributed by atoms with Gasteiger partial charge in [0.25, 0.3) is 0 Å². The Morgan fingerprint density at radius 2 is 1.39 bits per heavy atom. The Balaban J connectivity index is 0.000000828. The van der Waals surface area contributed by atoms with E-state index in [0.717, 1.165) is 12.8 Å². The third-order valence-corrected chi connectivity index (χ3v) is 7.13. The summed E-state index contributed by atoms with van der Waals surface area (Å²) < 4.78 is 11.4. The third kappa shape index (κ3) is 14.7. The van der Waals surface area contributed by atoms with Crippen LogP contribution in [-0.2, 0) is 16.0 Å². The first-order valence-electron chi connectivity index (χ1n) is 16.1. The Morgan fingerprint density at radius 3 is 1.82 bits per heavy atom. The number of esters is 1. The lowest BCUT2D eigenvalue weighted by Gasteiger charge is -2.27. The molecular weight excluding hydrogens is 548 g/mol. The molecular formula is C39H60O5. The van der Waals surface area contributed by atoms with Crippen molar-refractivity contribution in [1.82, 2.24) is 0 Å². The van der Waals surface area contributed by atoms with Crippen molar-refractivity contribution in [3.63, 3.8) is 0 Å². The van der Waals surface area contributed by atoms with Crippen LogP contribution in [0.15, 0.2) is 66.8 Å². The molecule has 2 N–H and O–H groups in total. The molecule has 0 saturated heterocycles. The summed E-state index contributed by atoms with van der Waals surface area (Å²) in [6.07, 6.45) is 10.7. The average molecular weight is 609 g/mol. The summed E-state index contributed by atoms with van der Waals surface area (Å²) in [5.74, 6) is 2.11. The fraction of sp³-hybridized carbons (Fsp3) is 0.564. The molecule has 1 unspecified atom stereocenters. The first-order valence-corrected chi connectivity index (χ1v) is 16.1. The number of hydrogen-bond donors (Lipinski definition) is 2. The molecule has 1 atom stereocenters. The molecule has 0 bridgehead atoms. The van der Waals surface area contributed by atoms with Crippen LogP contribution in [0, 0.1) is 17.3 Å². The van der Waals surface area contributed by atoms with Crippen molar-refractivity contribution in [3.8, 4) is 11.5 Å². The zero-order valence-electron chi connectivity index (χ0n) is 29.5. The van der Waals surface area contributed by atoms with Crippen LogP contribution in [0.1, 0.15) is 125 Å². The summed E-state index contributed by atoms with van der Waals surface area (Å²) >= 11 is 0. The number of aliphatic hydroxyl groups is 2. The fourth-order valence-electron chi connectivity index (χ4n) is 4.75. The Hall–Kier alpha value is -2.89. The number of carbonyl (C=O) groups is 1. The average Bonchev–Trinajstić information content (AvgIpc) is 2.89. The van der Waals surface area contributed by atoms with Gasteiger partial charge in [-0.15, -0.1) is 0 Å². The van der Waals surface area contributed by atoms with E-state index in [4.69, 9.17) is 9.47 Å². The minimum absolute atomic E-state index is 0.0369. The zero-order chi connectivity index (χ0) is 33.7. The Labute approximate surface area is 268 Å². The Bertz CT molecular complexity index is 1150. The highest BCUT2D eigenvalue weighted by atomic mass is 16.5. The molecule has 0 spiro atoms. The SMILES string of the molecule is C/C=C/C=C/CC(C)(C)C.CC(C)CC(c1ccc(OCCC(=O)Oc2c(C(C)(C)O)cccc2C(C)(C)O)cc1)C(C)C. The molecule has 246 valence electrons. The fourth-order valence-corrected chi connectivity index (χ4v) is 4.75. The van der Waals surface area contributed by atoms with Crippen molar-refractivity contribution in [1.29, 1.82) is 0 Å². The van der Waals surface area contributed by atoms with Crippen molar-refractivity contribution in [2.24, 2.45) is 17.3 Å². The highest BCUT2D eigenvalue weighted by Crippen LogP contribution is 2.38. The van der Waals surface area contributed by atoms with Crippen LogP contribution in [-0.4, -0.2) is 22.8 Å². The van der Waals surface area contributed by atoms with Crippen molar-refractivity contribution in [3.05, 3.63) is 83.5 Å². The van der Waals surface area contributed by atoms with E-state index in [-0.39, 0.29) is 18.8 Å². The van der Waals surface area contributed by atoms with Crippen LogP contribution in [0.4, 0.5) is 0 Å². The van der Waals surface area contributed by atoms with E-state index in [9.17, 15) is 15.0 Å². The summed E-state index contributed by atoms with van der Waals surface area (Å²) in [5, 5.41) is 21.1. The minimum atomic E-state index is -1.24. The van der Waals surface area contributed by atoms with Gasteiger partial charge in [0.15, 0.2) is 0 Å². The standard InChI is InChI=1S/C29H42O5.C10H18/c1-19(2)18-23(20(3)4)21-12-14-22(15-13-21)33-17-16-26(30)34-27-24(28(5,6)31)10-9-11-25(27)29(7,8)32;1-5-6-7-8-9-10(2,3)4/h9-15,19-20,23,31-32H,16-18H2,1-8H3;5-8H,9H2,1-4H3/b;6-5+,8-7+. The van der Waals surface area contributed by atoms with Gasteiger partial charge in [-0.05, 0) is 88.3 Å². The largest absolute Gasteiger partial charge is 0.493 e. The first kappa shape index (κ1) is 39.1. The molecule has 0 fully saturated rings. The van der Waals surface area contributed by atoms with Crippen LogP contribution in [0.25, 0.3) is 0 Å². The number of carbonyl (C=O) groups excluding carboxylic acids is 1. The summed E-state index contributed by atoms with van der Waals surface area (Å²) in [5.41, 5.74) is 0.142. The molecule has 0 radical (unpaired) electrons. The van der Waals surface area contributed by atoms with Gasteiger partial charge in [-0.25, -0.2) is 0 Å². The number of rotatable bonds is 13. The molecule has 2 rings (SSSR count). The Morgan fingerprint density at radius 1 is 0.841 bits per heavy atom. The van der Waals surface area contributed by atoms with Gasteiger partial charge in [0.05, 0.1) is 24.2 Å². The van der Waals surface area contributed by atoms with E-state index in [1.165, 1.54) is 5.56 Å². The second kappa shape index (κ2) is 17.6. The Kier molecular flexibility index (Phi) is 15.6. The van der Waals surface area contributed by atoms with Crippen LogP contribution in [0.2, 0.25) is 0 Å². The smallest absolute Gasteiger partial charge is 0.314 e. The van der Waals surface area contributed by atoms with Crippen LogP contribution < -0.4 is 9.47 Å². The lowest BCUT2D eigenvalue weighted by Crippen LogP contribution is -2.25. The van der Waals surface area contributed by atoms with Crippen molar-refractivity contribution < 1.29 is 24.5 Å². The molecule has 5 nitrogen and oxygen atoms in total. The summed E-state index contributed by atoms with van der Waals surface area (Å²) in [6.45, 7) is 24.4. The third-order valence-electron chi connectivity index (χ3n) is 7.13. The van der Waals surface area contributed by atoms with Gasteiger partial charge in [0.1, 0.15) is 11.5 Å². The zero-order valence-corrected chi connectivity index (χ0v) is 29.5. The lowest BCUT2D eigenvalue weighted by molar-refractivity contribution is -0.135. The monoisotopic (exact) mass is 608 g/mol. The molecule has 0 aliphatic carbocycles.